The van der Waals surface area contributed by atoms with Gasteiger partial charge in [-0.3, -0.25) is 9.59 Å². The van der Waals surface area contributed by atoms with Crippen LogP contribution in [0.3, 0.4) is 0 Å². The summed E-state index contributed by atoms with van der Waals surface area (Å²) in [5.74, 6) is -0.226. The first-order valence-electron chi connectivity index (χ1n) is 10.6. The number of hydrogen-bond acceptors (Lipinski definition) is 4. The number of hydrogen-bond donors (Lipinski definition) is 0. The van der Waals surface area contributed by atoms with Gasteiger partial charge >= 0.3 is 11.9 Å². The van der Waals surface area contributed by atoms with Crippen molar-refractivity contribution in [2.24, 2.45) is 17.3 Å². The maximum Gasteiger partial charge on any atom is 0.323 e. The highest BCUT2D eigenvalue weighted by molar-refractivity contribution is 6.79. The lowest BCUT2D eigenvalue weighted by Crippen LogP contribution is -2.40. The van der Waals surface area contributed by atoms with Crippen molar-refractivity contribution in [3.63, 3.8) is 0 Å². The molecule has 156 valence electrons. The molecule has 1 aliphatic rings. The predicted octanol–water partition coefficient (Wildman–Crippen LogP) is 5.10. The first-order valence-corrected chi connectivity index (χ1v) is 13.4. The van der Waals surface area contributed by atoms with Crippen LogP contribution in [0.1, 0.15) is 39.2 Å². The summed E-state index contributed by atoms with van der Waals surface area (Å²) in [4.78, 5) is 25.5. The zero-order valence-corrected chi connectivity index (χ0v) is 19.1. The van der Waals surface area contributed by atoms with E-state index in [2.05, 4.69) is 45.0 Å². The van der Waals surface area contributed by atoms with E-state index in [1.165, 1.54) is 44.0 Å². The molecule has 2 atom stereocenters. The molecule has 4 nitrogen and oxygen atoms in total. The van der Waals surface area contributed by atoms with Crippen molar-refractivity contribution < 1.29 is 19.1 Å². The molecule has 1 aromatic rings. The monoisotopic (exact) mass is 404 g/mol. The molecule has 0 bridgehead atoms. The van der Waals surface area contributed by atoms with E-state index in [1.807, 2.05) is 6.07 Å². The van der Waals surface area contributed by atoms with Crippen LogP contribution in [-0.2, 0) is 25.5 Å². The van der Waals surface area contributed by atoms with E-state index in [0.717, 1.165) is 6.42 Å². The normalized spacial score (nSPS) is 21.3. The van der Waals surface area contributed by atoms with Crippen LogP contribution in [0, 0.1) is 17.3 Å². The lowest BCUT2D eigenvalue weighted by Gasteiger charge is -2.33. The fourth-order valence-electron chi connectivity index (χ4n) is 5.25. The van der Waals surface area contributed by atoms with Gasteiger partial charge in [0.2, 0.25) is 0 Å². The average molecular weight is 405 g/mol. The third-order valence-corrected chi connectivity index (χ3v) is 13.2. The Morgan fingerprint density at radius 2 is 1.43 bits per heavy atom. The molecule has 0 unspecified atom stereocenters. The van der Waals surface area contributed by atoms with Gasteiger partial charge in [0.05, 0.1) is 22.3 Å². The van der Waals surface area contributed by atoms with Gasteiger partial charge in [0.25, 0.3) is 0 Å². The van der Waals surface area contributed by atoms with Gasteiger partial charge < -0.3 is 9.47 Å². The van der Waals surface area contributed by atoms with E-state index < -0.39 is 25.4 Å². The first kappa shape index (κ1) is 22.7. The van der Waals surface area contributed by atoms with Gasteiger partial charge in [0.15, 0.2) is 5.41 Å². The third-order valence-electron chi connectivity index (χ3n) is 7.33. The number of methoxy groups -OCH3 is 2. The van der Waals surface area contributed by atoms with Crippen molar-refractivity contribution in [2.75, 3.05) is 14.2 Å². The fourth-order valence-corrected chi connectivity index (χ4v) is 9.21. The van der Waals surface area contributed by atoms with Crippen LogP contribution in [-0.4, -0.2) is 34.2 Å². The number of ether oxygens (including phenoxy) is 2. The van der Waals surface area contributed by atoms with Crippen LogP contribution < -0.4 is 0 Å². The smallest absolute Gasteiger partial charge is 0.323 e. The lowest BCUT2D eigenvalue weighted by atomic mass is 9.84. The number of esters is 2. The fraction of sp³-hybridized carbons (Fsp3) is 0.652. The molecule has 1 aliphatic carbocycles. The number of rotatable bonds is 9. The summed E-state index contributed by atoms with van der Waals surface area (Å²) in [5, 5.41) is 0. The summed E-state index contributed by atoms with van der Waals surface area (Å²) in [6.07, 6.45) is 1.97. The Kier molecular flexibility index (Phi) is 7.87. The molecule has 28 heavy (non-hydrogen) atoms. The summed E-state index contributed by atoms with van der Waals surface area (Å²) >= 11 is 0. The average Bonchev–Trinajstić information content (AvgIpc) is 3.10. The van der Waals surface area contributed by atoms with Crippen LogP contribution in [0.5, 0.6) is 0 Å². The summed E-state index contributed by atoms with van der Waals surface area (Å²) in [6, 6.07) is 15.3. The van der Waals surface area contributed by atoms with E-state index in [-0.39, 0.29) is 5.92 Å². The molecule has 0 saturated heterocycles. The third kappa shape index (κ3) is 4.51. The van der Waals surface area contributed by atoms with Gasteiger partial charge in [-0.1, -0.05) is 75.3 Å². The van der Waals surface area contributed by atoms with Crippen LogP contribution in [0.15, 0.2) is 30.3 Å². The Morgan fingerprint density at radius 1 is 0.929 bits per heavy atom. The summed E-state index contributed by atoms with van der Waals surface area (Å²) in [7, 11) is 1.34. The van der Waals surface area contributed by atoms with Crippen molar-refractivity contribution in [2.45, 2.75) is 64.2 Å². The van der Waals surface area contributed by atoms with Gasteiger partial charge in [-0.05, 0) is 36.7 Å². The minimum Gasteiger partial charge on any atom is -0.468 e. The molecule has 0 radical (unpaired) electrons. The Labute approximate surface area is 171 Å². The van der Waals surface area contributed by atoms with E-state index in [0.29, 0.717) is 18.8 Å². The Balaban J connectivity index is 2.39. The molecule has 0 heterocycles. The summed E-state index contributed by atoms with van der Waals surface area (Å²) < 4.78 is 10.2. The zero-order valence-electron chi connectivity index (χ0n) is 18.1. The number of benzene rings is 1. The first-order chi connectivity index (χ1) is 13.4. The summed E-state index contributed by atoms with van der Waals surface area (Å²) in [6.45, 7) is 6.94. The highest BCUT2D eigenvalue weighted by Gasteiger charge is 2.57. The molecule has 0 spiro atoms. The van der Waals surface area contributed by atoms with Crippen molar-refractivity contribution in [1.82, 2.24) is 0 Å². The molecular weight excluding hydrogens is 368 g/mol. The Hall–Kier alpha value is -1.62. The van der Waals surface area contributed by atoms with Crippen molar-refractivity contribution >= 4 is 20.0 Å². The van der Waals surface area contributed by atoms with Crippen molar-refractivity contribution in [3.8, 4) is 0 Å². The molecule has 0 amide bonds. The van der Waals surface area contributed by atoms with Crippen LogP contribution in [0.25, 0.3) is 0 Å². The molecule has 0 aromatic heterocycles. The lowest BCUT2D eigenvalue weighted by molar-refractivity contribution is -0.169. The van der Waals surface area contributed by atoms with Crippen LogP contribution in [0.2, 0.25) is 24.2 Å². The van der Waals surface area contributed by atoms with E-state index >= 15 is 0 Å². The standard InChI is InChI=1S/C23H36O4Si/c1-6-28(7-2,8-3)17-20-16-23(21(24)26-4,22(25)27-5)15-19(20)14-18-12-10-9-11-13-18/h9-13,19-20H,6-8,14-17H2,1-5H3/t19-,20+/m1/s1. The Bertz CT molecular complexity index is 630. The van der Waals surface area contributed by atoms with Crippen molar-refractivity contribution in [1.29, 1.82) is 0 Å². The molecule has 1 saturated carbocycles. The highest BCUT2D eigenvalue weighted by Crippen LogP contribution is 2.52. The van der Waals surface area contributed by atoms with Gasteiger partial charge in [-0.15, -0.1) is 0 Å². The predicted molar refractivity (Wildman–Crippen MR) is 115 cm³/mol. The molecule has 1 aromatic carbocycles. The van der Waals surface area contributed by atoms with Gasteiger partial charge in [-0.2, -0.15) is 0 Å². The highest BCUT2D eigenvalue weighted by atomic mass is 28.3. The topological polar surface area (TPSA) is 52.6 Å². The van der Waals surface area contributed by atoms with E-state index in [9.17, 15) is 9.59 Å². The number of carbonyl (C=O) groups excluding carboxylic acids is 2. The minimum absolute atomic E-state index is 0.289. The van der Waals surface area contributed by atoms with E-state index in [1.54, 1.807) is 0 Å². The van der Waals surface area contributed by atoms with Gasteiger partial charge in [0, 0.05) is 0 Å². The number of carbonyl (C=O) groups is 2. The summed E-state index contributed by atoms with van der Waals surface area (Å²) in [5.41, 5.74) is 0.114. The molecule has 5 heteroatoms. The van der Waals surface area contributed by atoms with Crippen molar-refractivity contribution in [3.05, 3.63) is 35.9 Å². The second kappa shape index (κ2) is 9.73. The molecule has 1 fully saturated rings. The zero-order chi connectivity index (χ0) is 20.8. The largest absolute Gasteiger partial charge is 0.468 e. The molecule has 0 N–H and O–H groups in total. The van der Waals surface area contributed by atoms with E-state index in [4.69, 9.17) is 9.47 Å². The second-order valence-corrected chi connectivity index (χ2v) is 14.0. The van der Waals surface area contributed by atoms with Gasteiger partial charge in [0.1, 0.15) is 0 Å². The molecule has 2 rings (SSSR count). The maximum atomic E-state index is 12.7. The molecule has 0 aliphatic heterocycles. The SMILES string of the molecule is CC[Si](CC)(CC)C[C@@H]1CC(C(=O)OC)(C(=O)OC)C[C@H]1Cc1ccccc1. The van der Waals surface area contributed by atoms with Crippen LogP contribution >= 0.6 is 0 Å². The van der Waals surface area contributed by atoms with Crippen LogP contribution in [0.4, 0.5) is 0 Å². The second-order valence-electron chi connectivity index (χ2n) is 8.45. The Morgan fingerprint density at radius 3 is 1.89 bits per heavy atom. The van der Waals surface area contributed by atoms with Gasteiger partial charge in [-0.25, -0.2) is 0 Å². The molecular formula is C23H36O4Si. The quantitative estimate of drug-likeness (QED) is 0.326. The minimum atomic E-state index is -1.40. The maximum absolute atomic E-state index is 12.7.